The SMILES string of the molecule is COC(=O)C(CC(C)C)NC1c2ccccc2-c2ccccc21. The molecule has 120 valence electrons. The van der Waals surface area contributed by atoms with Gasteiger partial charge in [0.25, 0.3) is 0 Å². The van der Waals surface area contributed by atoms with E-state index >= 15 is 0 Å². The summed E-state index contributed by atoms with van der Waals surface area (Å²) in [6, 6.07) is 16.5. The summed E-state index contributed by atoms with van der Waals surface area (Å²) in [6.07, 6.45) is 0.757. The van der Waals surface area contributed by atoms with Crippen LogP contribution in [0.4, 0.5) is 0 Å². The fourth-order valence-electron chi connectivity index (χ4n) is 3.38. The van der Waals surface area contributed by atoms with Crippen molar-refractivity contribution in [3.05, 3.63) is 59.7 Å². The Morgan fingerprint density at radius 1 is 1.04 bits per heavy atom. The van der Waals surface area contributed by atoms with E-state index in [2.05, 4.69) is 67.7 Å². The molecule has 0 radical (unpaired) electrons. The zero-order chi connectivity index (χ0) is 16.4. The van der Waals surface area contributed by atoms with Crippen LogP contribution in [0.25, 0.3) is 11.1 Å². The van der Waals surface area contributed by atoms with Gasteiger partial charge in [0.15, 0.2) is 0 Å². The van der Waals surface area contributed by atoms with Crippen molar-refractivity contribution >= 4 is 5.97 Å². The zero-order valence-electron chi connectivity index (χ0n) is 13.9. The van der Waals surface area contributed by atoms with Crippen molar-refractivity contribution in [2.75, 3.05) is 7.11 Å². The van der Waals surface area contributed by atoms with Crippen LogP contribution in [0.1, 0.15) is 37.4 Å². The van der Waals surface area contributed by atoms with Crippen LogP contribution < -0.4 is 5.32 Å². The first kappa shape index (κ1) is 15.8. The van der Waals surface area contributed by atoms with Gasteiger partial charge in [-0.2, -0.15) is 0 Å². The van der Waals surface area contributed by atoms with Crippen LogP contribution in [0.2, 0.25) is 0 Å². The van der Waals surface area contributed by atoms with Gasteiger partial charge in [0.05, 0.1) is 13.2 Å². The van der Waals surface area contributed by atoms with Gasteiger partial charge in [0.2, 0.25) is 0 Å². The Morgan fingerprint density at radius 2 is 1.57 bits per heavy atom. The van der Waals surface area contributed by atoms with E-state index in [0.717, 1.165) is 6.42 Å². The molecule has 0 fully saturated rings. The van der Waals surface area contributed by atoms with Gasteiger partial charge in [0, 0.05) is 0 Å². The molecule has 0 saturated heterocycles. The highest BCUT2D eigenvalue weighted by atomic mass is 16.5. The van der Waals surface area contributed by atoms with Gasteiger partial charge >= 0.3 is 5.97 Å². The summed E-state index contributed by atoms with van der Waals surface area (Å²) in [4.78, 5) is 12.2. The average molecular weight is 309 g/mol. The Bertz CT molecular complexity index is 663. The van der Waals surface area contributed by atoms with Crippen molar-refractivity contribution in [1.82, 2.24) is 5.32 Å². The highest BCUT2D eigenvalue weighted by molar-refractivity contribution is 5.80. The third-order valence-electron chi connectivity index (χ3n) is 4.39. The molecule has 0 aromatic heterocycles. The molecule has 1 N–H and O–H groups in total. The van der Waals surface area contributed by atoms with E-state index in [-0.39, 0.29) is 18.1 Å². The largest absolute Gasteiger partial charge is 0.468 e. The van der Waals surface area contributed by atoms with Gasteiger partial charge in [-0.3, -0.25) is 10.1 Å². The Balaban J connectivity index is 1.97. The van der Waals surface area contributed by atoms with Gasteiger partial charge in [-0.05, 0) is 34.6 Å². The van der Waals surface area contributed by atoms with Crippen molar-refractivity contribution in [2.24, 2.45) is 5.92 Å². The molecule has 1 unspecified atom stereocenters. The fraction of sp³-hybridized carbons (Fsp3) is 0.350. The molecule has 0 aliphatic heterocycles. The smallest absolute Gasteiger partial charge is 0.322 e. The van der Waals surface area contributed by atoms with Crippen LogP contribution in [-0.2, 0) is 9.53 Å². The summed E-state index contributed by atoms with van der Waals surface area (Å²) in [5.41, 5.74) is 4.94. The highest BCUT2D eigenvalue weighted by Gasteiger charge is 2.32. The molecule has 0 spiro atoms. The van der Waals surface area contributed by atoms with Crippen LogP contribution in [0.5, 0.6) is 0 Å². The molecule has 3 heteroatoms. The van der Waals surface area contributed by atoms with E-state index in [1.807, 2.05) is 0 Å². The lowest BCUT2D eigenvalue weighted by atomic mass is 9.99. The van der Waals surface area contributed by atoms with Crippen LogP contribution >= 0.6 is 0 Å². The number of hydrogen-bond donors (Lipinski definition) is 1. The molecule has 2 aromatic carbocycles. The predicted octanol–water partition coefficient (Wildman–Crippen LogP) is 3.93. The summed E-state index contributed by atoms with van der Waals surface area (Å²) in [6.45, 7) is 4.24. The summed E-state index contributed by atoms with van der Waals surface area (Å²) >= 11 is 0. The van der Waals surface area contributed by atoms with Crippen molar-refractivity contribution in [1.29, 1.82) is 0 Å². The number of esters is 1. The molecular weight excluding hydrogens is 286 g/mol. The van der Waals surface area contributed by atoms with E-state index < -0.39 is 0 Å². The molecule has 1 aliphatic rings. The molecule has 3 rings (SSSR count). The Hall–Kier alpha value is -2.13. The third-order valence-corrected chi connectivity index (χ3v) is 4.39. The lowest BCUT2D eigenvalue weighted by molar-refractivity contribution is -0.143. The maximum Gasteiger partial charge on any atom is 0.322 e. The lowest BCUT2D eigenvalue weighted by Crippen LogP contribution is -2.40. The third kappa shape index (κ3) is 3.02. The quantitative estimate of drug-likeness (QED) is 0.850. The molecule has 0 bridgehead atoms. The highest BCUT2D eigenvalue weighted by Crippen LogP contribution is 2.43. The van der Waals surface area contributed by atoms with Gasteiger partial charge < -0.3 is 4.74 Å². The number of ether oxygens (including phenoxy) is 1. The number of benzene rings is 2. The van der Waals surface area contributed by atoms with Gasteiger partial charge in [0.1, 0.15) is 6.04 Å². The molecule has 3 nitrogen and oxygen atoms in total. The second kappa shape index (κ2) is 6.55. The summed E-state index contributed by atoms with van der Waals surface area (Å²) in [5, 5.41) is 3.54. The number of methoxy groups -OCH3 is 1. The normalized spacial score (nSPS) is 14.4. The first-order chi connectivity index (χ1) is 11.1. The zero-order valence-corrected chi connectivity index (χ0v) is 13.9. The average Bonchev–Trinajstić information content (AvgIpc) is 2.88. The Kier molecular flexibility index (Phi) is 4.49. The van der Waals surface area contributed by atoms with E-state index in [0.29, 0.717) is 5.92 Å². The molecule has 0 heterocycles. The van der Waals surface area contributed by atoms with Crippen LogP contribution in [0.3, 0.4) is 0 Å². The van der Waals surface area contributed by atoms with E-state index in [1.54, 1.807) is 0 Å². The second-order valence-electron chi connectivity index (χ2n) is 6.48. The standard InChI is InChI=1S/C20H23NO2/c1-13(2)12-18(20(22)23-3)21-19-16-10-6-4-8-14(16)15-9-5-7-11-17(15)19/h4-11,13,18-19,21H,12H2,1-3H3. The van der Waals surface area contributed by atoms with E-state index in [4.69, 9.17) is 4.74 Å². The number of carbonyl (C=O) groups is 1. The minimum absolute atomic E-state index is 0.0326. The maximum atomic E-state index is 12.2. The lowest BCUT2D eigenvalue weighted by Gasteiger charge is -2.24. The second-order valence-corrected chi connectivity index (χ2v) is 6.48. The molecule has 23 heavy (non-hydrogen) atoms. The first-order valence-electron chi connectivity index (χ1n) is 8.14. The van der Waals surface area contributed by atoms with Crippen LogP contribution in [0, 0.1) is 5.92 Å². The van der Waals surface area contributed by atoms with Crippen molar-refractivity contribution in [3.63, 3.8) is 0 Å². The summed E-state index contributed by atoms with van der Waals surface area (Å²) in [7, 11) is 1.45. The van der Waals surface area contributed by atoms with Crippen molar-refractivity contribution in [2.45, 2.75) is 32.4 Å². The Morgan fingerprint density at radius 3 is 2.04 bits per heavy atom. The molecule has 1 aliphatic carbocycles. The molecule has 0 amide bonds. The monoisotopic (exact) mass is 309 g/mol. The van der Waals surface area contributed by atoms with E-state index in [9.17, 15) is 4.79 Å². The maximum absolute atomic E-state index is 12.2. The Labute approximate surface area is 137 Å². The van der Waals surface area contributed by atoms with Crippen LogP contribution in [0.15, 0.2) is 48.5 Å². The summed E-state index contributed by atoms with van der Waals surface area (Å²) < 4.78 is 5.00. The number of fused-ring (bicyclic) bond motifs is 3. The molecule has 2 aromatic rings. The molecule has 1 atom stereocenters. The van der Waals surface area contributed by atoms with Gasteiger partial charge in [-0.1, -0.05) is 62.4 Å². The predicted molar refractivity (Wildman–Crippen MR) is 92.1 cm³/mol. The van der Waals surface area contributed by atoms with Crippen molar-refractivity contribution in [3.8, 4) is 11.1 Å². The molecule has 0 saturated carbocycles. The number of rotatable bonds is 5. The number of nitrogens with one attached hydrogen (secondary N) is 1. The number of hydrogen-bond acceptors (Lipinski definition) is 3. The minimum atomic E-state index is -0.302. The fourth-order valence-corrected chi connectivity index (χ4v) is 3.38. The van der Waals surface area contributed by atoms with Crippen molar-refractivity contribution < 1.29 is 9.53 Å². The molecular formula is C20H23NO2. The number of carbonyl (C=O) groups excluding carboxylic acids is 1. The summed E-state index contributed by atoms with van der Waals surface area (Å²) in [5.74, 6) is 0.221. The first-order valence-corrected chi connectivity index (χ1v) is 8.14. The minimum Gasteiger partial charge on any atom is -0.468 e. The van der Waals surface area contributed by atoms with Gasteiger partial charge in [-0.25, -0.2) is 0 Å². The topological polar surface area (TPSA) is 38.3 Å². The van der Waals surface area contributed by atoms with Gasteiger partial charge in [-0.15, -0.1) is 0 Å². The van der Waals surface area contributed by atoms with Crippen LogP contribution in [-0.4, -0.2) is 19.1 Å². The van der Waals surface area contributed by atoms with E-state index in [1.165, 1.54) is 29.4 Å².